The number of hydrogen-bond donors (Lipinski definition) is 0. The average Bonchev–Trinajstić information content (AvgIpc) is 3.06. The van der Waals surface area contributed by atoms with Gasteiger partial charge in [0, 0.05) is 40.0 Å². The van der Waals surface area contributed by atoms with Crippen molar-refractivity contribution in [3.63, 3.8) is 0 Å². The molecule has 0 aromatic carbocycles. The first kappa shape index (κ1) is 14.0. The van der Waals surface area contributed by atoms with Gasteiger partial charge in [-0.2, -0.15) is 10.2 Å². The molecule has 0 saturated heterocycles. The van der Waals surface area contributed by atoms with Gasteiger partial charge in [-0.05, 0) is 40.2 Å². The Morgan fingerprint density at radius 1 is 1.14 bits per heavy atom. The maximum Gasteiger partial charge on any atom is 0.738 e. The highest BCUT2D eigenvalue weighted by atomic mass is 79.9. The van der Waals surface area contributed by atoms with Gasteiger partial charge in [0.25, 0.3) is 0 Å². The Morgan fingerprint density at radius 3 is 2.68 bits per heavy atom. The summed E-state index contributed by atoms with van der Waals surface area (Å²) < 4.78 is 32.5. The molecule has 0 bridgehead atoms. The van der Waals surface area contributed by atoms with Gasteiger partial charge in [0.1, 0.15) is 5.69 Å². The van der Waals surface area contributed by atoms with Crippen molar-refractivity contribution in [1.29, 1.82) is 0 Å². The van der Waals surface area contributed by atoms with E-state index in [0.29, 0.717) is 31.9 Å². The molecule has 110 valence electrons. The lowest BCUT2D eigenvalue weighted by atomic mass is 9.88. The second kappa shape index (κ2) is 4.69. The largest absolute Gasteiger partial charge is 0.738 e. The van der Waals surface area contributed by atoms with Crippen molar-refractivity contribution in [2.75, 3.05) is 0 Å². The van der Waals surface area contributed by atoms with Crippen molar-refractivity contribution in [3.8, 4) is 0 Å². The second-order valence-corrected chi connectivity index (χ2v) is 6.52. The molecule has 0 N–H and O–H groups in total. The highest BCUT2D eigenvalue weighted by Gasteiger charge is 2.54. The summed E-state index contributed by atoms with van der Waals surface area (Å²) in [6.45, 7) is -3.99. The van der Waals surface area contributed by atoms with Crippen LogP contribution in [-0.2, 0) is 0 Å². The SMILES string of the molecule is F[B-]1(F)n2c(Br)ccc2C(c2cccnn2)=C2C=CC(Br)=[N+]21. The highest BCUT2D eigenvalue weighted by molar-refractivity contribution is 9.18. The highest BCUT2D eigenvalue weighted by Crippen LogP contribution is 2.41. The summed E-state index contributed by atoms with van der Waals surface area (Å²) >= 11 is 6.43. The third-order valence-corrected chi connectivity index (χ3v) is 4.99. The summed E-state index contributed by atoms with van der Waals surface area (Å²) in [5.74, 6) is 0. The molecule has 0 fully saturated rings. The minimum atomic E-state index is -3.99. The van der Waals surface area contributed by atoms with E-state index in [1.165, 1.54) is 0 Å². The van der Waals surface area contributed by atoms with Crippen molar-refractivity contribution in [1.82, 2.24) is 14.7 Å². The van der Waals surface area contributed by atoms with Gasteiger partial charge in [-0.25, -0.2) is 0 Å². The van der Waals surface area contributed by atoms with E-state index in [1.54, 1.807) is 42.6 Å². The van der Waals surface area contributed by atoms with E-state index in [9.17, 15) is 8.63 Å². The molecule has 4 nitrogen and oxygen atoms in total. The Balaban J connectivity index is 2.13. The molecule has 0 saturated carbocycles. The van der Waals surface area contributed by atoms with Crippen molar-refractivity contribution >= 4 is 49.0 Å². The van der Waals surface area contributed by atoms with Crippen molar-refractivity contribution in [3.05, 3.63) is 64.3 Å². The van der Waals surface area contributed by atoms with Crippen LogP contribution in [0.5, 0.6) is 0 Å². The smallest absolute Gasteiger partial charge is 0.389 e. The summed E-state index contributed by atoms with van der Waals surface area (Å²) in [6.07, 6.45) is 4.82. The Hall–Kier alpha value is -1.61. The van der Waals surface area contributed by atoms with E-state index >= 15 is 0 Å². The number of fused-ring (bicyclic) bond motifs is 2. The molecule has 2 aromatic heterocycles. The zero-order valence-electron chi connectivity index (χ0n) is 10.9. The first-order valence-electron chi connectivity index (χ1n) is 6.43. The third kappa shape index (κ3) is 1.75. The van der Waals surface area contributed by atoms with Crippen LogP contribution in [0, 0.1) is 0 Å². The van der Waals surface area contributed by atoms with E-state index in [1.807, 2.05) is 0 Å². The van der Waals surface area contributed by atoms with Crippen LogP contribution in [0.25, 0.3) is 5.57 Å². The van der Waals surface area contributed by atoms with Gasteiger partial charge in [0.05, 0.1) is 10.2 Å². The first-order chi connectivity index (χ1) is 10.5. The predicted octanol–water partition coefficient (Wildman–Crippen LogP) is 3.41. The van der Waals surface area contributed by atoms with E-state index in [2.05, 4.69) is 42.1 Å². The van der Waals surface area contributed by atoms with Crippen LogP contribution in [-0.4, -0.2) is 30.8 Å². The van der Waals surface area contributed by atoms with Gasteiger partial charge >= 0.3 is 6.97 Å². The Bertz CT molecular complexity index is 887. The quantitative estimate of drug-likeness (QED) is 0.654. The summed E-state index contributed by atoms with van der Waals surface area (Å²) in [4.78, 5) is 0. The topological polar surface area (TPSA) is 33.7 Å². The minimum Gasteiger partial charge on any atom is -0.389 e. The predicted molar refractivity (Wildman–Crippen MR) is 86.9 cm³/mol. The molecule has 2 aliphatic heterocycles. The number of nitrogens with zero attached hydrogens (tertiary/aromatic N) is 4. The van der Waals surface area contributed by atoms with Crippen LogP contribution in [0.2, 0.25) is 0 Å². The lowest BCUT2D eigenvalue weighted by molar-refractivity contribution is -0.358. The standard InChI is InChI=1S/C13H7BBr2F2N4/c15-11-5-3-9-13(8-2-1-7-19-20-8)10-4-6-12(16)22(10)14(17,18)21(9)11/h1-7H. The molecule has 9 heteroatoms. The minimum absolute atomic E-state index is 0.320. The molecule has 2 aromatic rings. The molecule has 4 heterocycles. The summed E-state index contributed by atoms with van der Waals surface area (Å²) in [7, 11) is 0. The Morgan fingerprint density at radius 2 is 1.95 bits per heavy atom. The van der Waals surface area contributed by atoms with Crippen LogP contribution >= 0.6 is 31.9 Å². The maximum absolute atomic E-state index is 14.9. The molecular weight excluding hydrogens is 421 g/mol. The number of rotatable bonds is 1. The normalized spacial score (nSPS) is 18.7. The van der Waals surface area contributed by atoms with Gasteiger partial charge in [0.2, 0.25) is 4.62 Å². The monoisotopic (exact) mass is 426 g/mol. The molecule has 2 aliphatic rings. The van der Waals surface area contributed by atoms with Gasteiger partial charge < -0.3 is 17.6 Å². The fraction of sp³-hybridized carbons (Fsp3) is 0. The van der Waals surface area contributed by atoms with Crippen LogP contribution in [0.1, 0.15) is 11.4 Å². The van der Waals surface area contributed by atoms with Gasteiger partial charge in [-0.15, -0.1) is 0 Å². The summed E-state index contributed by atoms with van der Waals surface area (Å²) in [5.41, 5.74) is 2.00. The number of aromatic nitrogens is 3. The van der Waals surface area contributed by atoms with Crippen molar-refractivity contribution in [2.45, 2.75) is 0 Å². The summed E-state index contributed by atoms with van der Waals surface area (Å²) in [5, 5.41) is 7.94. The lowest BCUT2D eigenvalue weighted by Crippen LogP contribution is -2.50. The Labute approximate surface area is 141 Å². The maximum atomic E-state index is 14.9. The zero-order valence-corrected chi connectivity index (χ0v) is 14.1. The molecule has 0 radical (unpaired) electrons. The van der Waals surface area contributed by atoms with Gasteiger partial charge in [0.15, 0.2) is 5.70 Å². The van der Waals surface area contributed by atoms with E-state index in [4.69, 9.17) is 0 Å². The third-order valence-electron chi connectivity index (χ3n) is 3.70. The first-order valence-corrected chi connectivity index (χ1v) is 8.02. The van der Waals surface area contributed by atoms with Crippen molar-refractivity contribution < 1.29 is 13.1 Å². The second-order valence-electron chi connectivity index (χ2n) is 4.89. The van der Waals surface area contributed by atoms with Crippen LogP contribution in [0.15, 0.2) is 52.9 Å². The molecular formula is C13H7BBr2F2N4. The Kier molecular flexibility index (Phi) is 2.99. The van der Waals surface area contributed by atoms with E-state index in [-0.39, 0.29) is 0 Å². The molecule has 0 spiro atoms. The van der Waals surface area contributed by atoms with Gasteiger partial charge in [-0.3, -0.25) is 0 Å². The number of allylic oxidation sites excluding steroid dienone is 2. The number of hydrogen-bond acceptors (Lipinski definition) is 2. The molecule has 22 heavy (non-hydrogen) atoms. The molecule has 0 aliphatic carbocycles. The molecule has 0 unspecified atom stereocenters. The van der Waals surface area contributed by atoms with Gasteiger partial charge in [-0.1, -0.05) is 0 Å². The van der Waals surface area contributed by atoms with Crippen LogP contribution < -0.4 is 0 Å². The fourth-order valence-electron chi connectivity index (χ4n) is 2.83. The molecule has 4 rings (SSSR count). The number of halogens is 4. The van der Waals surface area contributed by atoms with E-state index in [0.717, 1.165) is 8.96 Å². The zero-order chi connectivity index (χ0) is 15.5. The van der Waals surface area contributed by atoms with Crippen LogP contribution in [0.3, 0.4) is 0 Å². The van der Waals surface area contributed by atoms with Crippen molar-refractivity contribution in [2.24, 2.45) is 0 Å². The molecule has 0 amide bonds. The summed E-state index contributed by atoms with van der Waals surface area (Å²) in [6, 6.07) is 6.77. The average molecular weight is 428 g/mol. The lowest BCUT2D eigenvalue weighted by Gasteiger charge is -2.31. The fourth-order valence-corrected chi connectivity index (χ4v) is 3.97. The van der Waals surface area contributed by atoms with E-state index < -0.39 is 6.97 Å². The molecule has 0 atom stereocenters. The van der Waals surface area contributed by atoms with Crippen LogP contribution in [0.4, 0.5) is 8.63 Å².